The maximum atomic E-state index is 11.4. The van der Waals surface area contributed by atoms with Crippen LogP contribution in [0.25, 0.3) is 0 Å². The molecule has 0 bridgehead atoms. The molecule has 13 heavy (non-hydrogen) atoms. The number of fused-ring (bicyclic) bond motifs is 1. The van der Waals surface area contributed by atoms with Crippen LogP contribution >= 0.6 is 0 Å². The lowest BCUT2D eigenvalue weighted by molar-refractivity contribution is 0.0753. The molecule has 0 fully saturated rings. The Morgan fingerprint density at radius 1 is 1.46 bits per heavy atom. The predicted octanol–water partition coefficient (Wildman–Crippen LogP) is 1.12. The quantitative estimate of drug-likeness (QED) is 0.698. The van der Waals surface area contributed by atoms with Crippen molar-refractivity contribution in [2.45, 2.75) is 6.10 Å². The minimum Gasteiger partial charge on any atom is -0.375 e. The zero-order valence-corrected chi connectivity index (χ0v) is 7.41. The van der Waals surface area contributed by atoms with Crippen LogP contribution in [-0.2, 0) is 4.74 Å². The first kappa shape index (κ1) is 8.26. The fourth-order valence-corrected chi connectivity index (χ4v) is 1.59. The molecule has 1 aromatic rings. The van der Waals surface area contributed by atoms with E-state index in [4.69, 9.17) is 4.74 Å². The van der Waals surface area contributed by atoms with Crippen molar-refractivity contribution < 1.29 is 9.53 Å². The van der Waals surface area contributed by atoms with Crippen LogP contribution in [0.1, 0.15) is 22.0 Å². The van der Waals surface area contributed by atoms with E-state index in [0.29, 0.717) is 6.54 Å². The molecule has 0 aliphatic carbocycles. The lowest BCUT2D eigenvalue weighted by Gasteiger charge is -2.24. The van der Waals surface area contributed by atoms with E-state index in [-0.39, 0.29) is 12.0 Å². The molecule has 1 atom stereocenters. The molecule has 0 saturated heterocycles. The predicted molar refractivity (Wildman–Crippen MR) is 48.5 cm³/mol. The van der Waals surface area contributed by atoms with Gasteiger partial charge in [0, 0.05) is 19.2 Å². The van der Waals surface area contributed by atoms with Gasteiger partial charge in [0.15, 0.2) is 0 Å². The first-order valence-electron chi connectivity index (χ1n) is 4.23. The van der Waals surface area contributed by atoms with Crippen LogP contribution in [0.4, 0.5) is 0 Å². The van der Waals surface area contributed by atoms with Crippen molar-refractivity contribution in [1.29, 1.82) is 0 Å². The van der Waals surface area contributed by atoms with Gasteiger partial charge in [-0.15, -0.1) is 0 Å². The summed E-state index contributed by atoms with van der Waals surface area (Å²) in [6.45, 7) is 0.562. The number of benzene rings is 1. The van der Waals surface area contributed by atoms with Crippen LogP contribution < -0.4 is 5.32 Å². The molecule has 1 aliphatic rings. The molecule has 3 heteroatoms. The summed E-state index contributed by atoms with van der Waals surface area (Å²) in [6, 6.07) is 7.53. The van der Waals surface area contributed by atoms with E-state index in [1.165, 1.54) is 0 Å². The number of rotatable bonds is 1. The van der Waals surface area contributed by atoms with E-state index < -0.39 is 0 Å². The number of ether oxygens (including phenoxy) is 1. The molecule has 1 unspecified atom stereocenters. The van der Waals surface area contributed by atoms with Crippen LogP contribution in [0.2, 0.25) is 0 Å². The Hall–Kier alpha value is -1.35. The number of carbonyl (C=O) groups is 1. The molecule has 0 radical (unpaired) electrons. The number of amides is 1. The summed E-state index contributed by atoms with van der Waals surface area (Å²) in [4.78, 5) is 11.4. The molecular formula is C10H11NO2. The molecule has 3 nitrogen and oxygen atoms in total. The molecule has 0 spiro atoms. The second kappa shape index (κ2) is 3.18. The highest BCUT2D eigenvalue weighted by Crippen LogP contribution is 2.23. The van der Waals surface area contributed by atoms with E-state index in [0.717, 1.165) is 11.1 Å². The minimum atomic E-state index is -0.0103. The third-order valence-electron chi connectivity index (χ3n) is 2.28. The Morgan fingerprint density at radius 2 is 2.23 bits per heavy atom. The van der Waals surface area contributed by atoms with Crippen molar-refractivity contribution in [2.75, 3.05) is 13.7 Å². The van der Waals surface area contributed by atoms with E-state index in [1.807, 2.05) is 24.3 Å². The lowest BCUT2D eigenvalue weighted by atomic mass is 9.98. The highest BCUT2D eigenvalue weighted by Gasteiger charge is 2.23. The topological polar surface area (TPSA) is 38.3 Å². The van der Waals surface area contributed by atoms with Crippen LogP contribution in [-0.4, -0.2) is 19.6 Å². The molecule has 68 valence electrons. The fourth-order valence-electron chi connectivity index (χ4n) is 1.59. The van der Waals surface area contributed by atoms with E-state index in [2.05, 4.69) is 5.32 Å². The molecule has 0 saturated carbocycles. The summed E-state index contributed by atoms with van der Waals surface area (Å²) in [5.74, 6) is -0.0103. The Labute approximate surface area is 76.7 Å². The lowest BCUT2D eigenvalue weighted by Crippen LogP contribution is -2.35. The third kappa shape index (κ3) is 1.31. The van der Waals surface area contributed by atoms with Crippen molar-refractivity contribution in [2.24, 2.45) is 0 Å². The molecule has 1 N–H and O–H groups in total. The van der Waals surface area contributed by atoms with Gasteiger partial charge in [0.1, 0.15) is 6.10 Å². The zero-order valence-electron chi connectivity index (χ0n) is 7.41. The standard InChI is InChI=1S/C10H11NO2/c1-13-9-6-11-10(12)8-5-3-2-4-7(8)9/h2-5,9H,6H2,1H3,(H,11,12). The number of methoxy groups -OCH3 is 1. The maximum Gasteiger partial charge on any atom is 0.251 e. The average Bonchev–Trinajstić information content (AvgIpc) is 2.19. The molecule has 1 heterocycles. The Kier molecular flexibility index (Phi) is 2.02. The molecule has 0 aromatic heterocycles. The Balaban J connectivity index is 2.47. The summed E-state index contributed by atoms with van der Waals surface area (Å²) in [6.07, 6.45) is -0.00565. The first-order valence-corrected chi connectivity index (χ1v) is 4.23. The second-order valence-corrected chi connectivity index (χ2v) is 3.02. The van der Waals surface area contributed by atoms with Crippen LogP contribution in [0.5, 0.6) is 0 Å². The van der Waals surface area contributed by atoms with Crippen molar-refractivity contribution in [1.82, 2.24) is 5.32 Å². The van der Waals surface area contributed by atoms with Crippen LogP contribution in [0.15, 0.2) is 24.3 Å². The van der Waals surface area contributed by atoms with Gasteiger partial charge < -0.3 is 10.1 Å². The van der Waals surface area contributed by atoms with Crippen LogP contribution in [0.3, 0.4) is 0 Å². The molecule has 2 rings (SSSR count). The zero-order chi connectivity index (χ0) is 9.26. The minimum absolute atomic E-state index is 0.00565. The van der Waals surface area contributed by atoms with Gasteiger partial charge in [-0.2, -0.15) is 0 Å². The number of carbonyl (C=O) groups excluding carboxylic acids is 1. The summed E-state index contributed by atoms with van der Waals surface area (Å²) in [5.41, 5.74) is 1.70. The summed E-state index contributed by atoms with van der Waals surface area (Å²) in [7, 11) is 1.65. The number of hydrogen-bond acceptors (Lipinski definition) is 2. The average molecular weight is 177 g/mol. The van der Waals surface area contributed by atoms with Crippen molar-refractivity contribution in [3.8, 4) is 0 Å². The summed E-state index contributed by atoms with van der Waals surface area (Å²) >= 11 is 0. The van der Waals surface area contributed by atoms with Gasteiger partial charge in [-0.05, 0) is 11.6 Å². The maximum absolute atomic E-state index is 11.4. The number of hydrogen-bond donors (Lipinski definition) is 1. The van der Waals surface area contributed by atoms with Gasteiger partial charge in [0.2, 0.25) is 0 Å². The fraction of sp³-hybridized carbons (Fsp3) is 0.300. The van der Waals surface area contributed by atoms with Gasteiger partial charge in [0.25, 0.3) is 5.91 Å². The van der Waals surface area contributed by atoms with Gasteiger partial charge in [-0.1, -0.05) is 18.2 Å². The molecule has 1 amide bonds. The van der Waals surface area contributed by atoms with Gasteiger partial charge in [-0.3, -0.25) is 4.79 Å². The highest BCUT2D eigenvalue weighted by molar-refractivity contribution is 5.96. The van der Waals surface area contributed by atoms with Gasteiger partial charge in [0.05, 0.1) is 0 Å². The van der Waals surface area contributed by atoms with Crippen molar-refractivity contribution >= 4 is 5.91 Å². The smallest absolute Gasteiger partial charge is 0.251 e. The monoisotopic (exact) mass is 177 g/mol. The van der Waals surface area contributed by atoms with E-state index in [1.54, 1.807) is 7.11 Å². The second-order valence-electron chi connectivity index (χ2n) is 3.02. The van der Waals surface area contributed by atoms with E-state index >= 15 is 0 Å². The molecule has 1 aliphatic heterocycles. The van der Waals surface area contributed by atoms with Crippen LogP contribution in [0, 0.1) is 0 Å². The summed E-state index contributed by atoms with van der Waals surface area (Å²) < 4.78 is 5.25. The van der Waals surface area contributed by atoms with Gasteiger partial charge >= 0.3 is 0 Å². The first-order chi connectivity index (χ1) is 6.33. The van der Waals surface area contributed by atoms with Crippen molar-refractivity contribution in [3.05, 3.63) is 35.4 Å². The summed E-state index contributed by atoms with van der Waals surface area (Å²) in [5, 5.41) is 2.78. The largest absolute Gasteiger partial charge is 0.375 e. The van der Waals surface area contributed by atoms with Gasteiger partial charge in [-0.25, -0.2) is 0 Å². The van der Waals surface area contributed by atoms with E-state index in [9.17, 15) is 4.79 Å². The Bertz CT molecular complexity index is 335. The number of nitrogens with one attached hydrogen (secondary N) is 1. The molecule has 1 aromatic carbocycles. The SMILES string of the molecule is COC1CNC(=O)c2ccccc21. The highest BCUT2D eigenvalue weighted by atomic mass is 16.5. The Morgan fingerprint density at radius 3 is 3.00 bits per heavy atom. The molecular weight excluding hydrogens is 166 g/mol. The normalized spacial score (nSPS) is 20.7. The van der Waals surface area contributed by atoms with Crippen molar-refractivity contribution in [3.63, 3.8) is 0 Å². The third-order valence-corrected chi connectivity index (χ3v) is 2.28.